The van der Waals surface area contributed by atoms with Gasteiger partial charge in [0.1, 0.15) is 0 Å². The highest BCUT2D eigenvalue weighted by Crippen LogP contribution is 2.16. The van der Waals surface area contributed by atoms with Crippen LogP contribution in [0.4, 0.5) is 0 Å². The molecule has 0 aliphatic rings. The van der Waals surface area contributed by atoms with Gasteiger partial charge in [-0.3, -0.25) is 0 Å². The maximum Gasteiger partial charge on any atom is 0.452 e. The summed E-state index contributed by atoms with van der Waals surface area (Å²) in [7, 11) is -4.75. The van der Waals surface area contributed by atoms with Gasteiger partial charge >= 0.3 is 7.12 Å². The molecular weight excluding hydrogens is 179 g/mol. The van der Waals surface area contributed by atoms with Crippen LogP contribution in [0.15, 0.2) is 0 Å². The molecule has 0 bridgehead atoms. The minimum Gasteiger partial charge on any atom is -0.427 e. The van der Waals surface area contributed by atoms with Gasteiger partial charge < -0.3 is 10.0 Å². The van der Waals surface area contributed by atoms with Gasteiger partial charge in [0.2, 0.25) is 0 Å². The van der Waals surface area contributed by atoms with E-state index in [-0.39, 0.29) is 12.1 Å². The van der Waals surface area contributed by atoms with Gasteiger partial charge in [0.25, 0.3) is 0 Å². The first-order chi connectivity index (χ1) is 5.17. The van der Waals surface area contributed by atoms with Crippen LogP contribution in [0.3, 0.4) is 0 Å². The zero-order valence-corrected chi connectivity index (χ0v) is 8.43. The zero-order chi connectivity index (χ0) is 9.99. The number of sulfone groups is 1. The highest BCUT2D eigenvalue weighted by Gasteiger charge is 2.29. The lowest BCUT2D eigenvalue weighted by molar-refractivity contribution is 0.407. The van der Waals surface area contributed by atoms with Crippen molar-refractivity contribution in [2.24, 2.45) is 0 Å². The molecule has 0 atom stereocenters. The number of hydrogen-bond donors (Lipinski definition) is 2. The van der Waals surface area contributed by atoms with Crippen LogP contribution in [0, 0.1) is 0 Å². The molecule has 0 amide bonds. The Balaban J connectivity index is 4.27. The van der Waals surface area contributed by atoms with E-state index in [2.05, 4.69) is 0 Å². The number of rotatable bonds is 3. The third-order valence-corrected chi connectivity index (χ3v) is 4.22. The van der Waals surface area contributed by atoms with Crippen LogP contribution in [-0.2, 0) is 9.84 Å². The van der Waals surface area contributed by atoms with Gasteiger partial charge in [-0.2, -0.15) is 0 Å². The second-order valence-corrected chi connectivity index (χ2v) is 6.56. The van der Waals surface area contributed by atoms with E-state index in [0.717, 1.165) is 0 Å². The second kappa shape index (κ2) is 3.76. The van der Waals surface area contributed by atoms with Gasteiger partial charge in [-0.15, -0.1) is 0 Å². The normalized spacial score (nSPS) is 13.1. The Kier molecular flexibility index (Phi) is 3.74. The molecule has 0 heterocycles. The molecule has 0 rings (SSSR count). The van der Waals surface area contributed by atoms with Crippen LogP contribution in [0.1, 0.15) is 20.8 Å². The summed E-state index contributed by atoms with van der Waals surface area (Å²) in [6, 6.07) is 0. The fourth-order valence-corrected chi connectivity index (χ4v) is 1.70. The van der Waals surface area contributed by atoms with E-state index in [1.165, 1.54) is 0 Å². The molecule has 0 unspecified atom stereocenters. The predicted octanol–water partition coefficient (Wildman–Crippen LogP) is -0.327. The van der Waals surface area contributed by atoms with Crippen molar-refractivity contribution in [3.05, 3.63) is 0 Å². The lowest BCUT2D eigenvalue weighted by Gasteiger charge is -2.18. The molecule has 0 radical (unpaired) electrons. The smallest absolute Gasteiger partial charge is 0.427 e. The van der Waals surface area contributed by atoms with Crippen LogP contribution in [0.5, 0.6) is 0 Å². The Morgan fingerprint density at radius 2 is 1.67 bits per heavy atom. The van der Waals surface area contributed by atoms with Crippen molar-refractivity contribution in [1.82, 2.24) is 0 Å². The summed E-state index contributed by atoms with van der Waals surface area (Å²) in [4.78, 5) is 0. The van der Waals surface area contributed by atoms with Crippen LogP contribution in [0.25, 0.3) is 0 Å². The van der Waals surface area contributed by atoms with Gasteiger partial charge in [-0.25, -0.2) is 8.42 Å². The zero-order valence-electron chi connectivity index (χ0n) is 7.61. The fourth-order valence-electron chi connectivity index (χ4n) is 0.567. The predicted molar refractivity (Wildman–Crippen MR) is 48.5 cm³/mol. The number of hydrogen-bond acceptors (Lipinski definition) is 4. The van der Waals surface area contributed by atoms with Gasteiger partial charge in [-0.05, 0) is 27.1 Å². The van der Waals surface area contributed by atoms with E-state index < -0.39 is 21.7 Å². The molecule has 0 fully saturated rings. The first kappa shape index (κ1) is 11.9. The average Bonchev–Trinajstić information content (AvgIpc) is 1.81. The quantitative estimate of drug-likeness (QED) is 0.603. The molecule has 0 aromatic rings. The van der Waals surface area contributed by atoms with Gasteiger partial charge in [0, 0.05) is 5.75 Å². The van der Waals surface area contributed by atoms with Crippen LogP contribution < -0.4 is 0 Å². The lowest BCUT2D eigenvalue weighted by atomic mass is 9.88. The molecule has 0 spiro atoms. The van der Waals surface area contributed by atoms with Crippen LogP contribution in [0.2, 0.25) is 6.32 Å². The molecule has 6 heteroatoms. The standard InChI is InChI=1S/C6H15BO4S/c1-6(2,3)12(10,11)5-4-7(8)9/h8-9H,4-5H2,1-3H3. The Morgan fingerprint density at radius 1 is 1.25 bits per heavy atom. The van der Waals surface area contributed by atoms with Crippen molar-refractivity contribution in [2.75, 3.05) is 5.75 Å². The van der Waals surface area contributed by atoms with Gasteiger partial charge in [0.15, 0.2) is 9.84 Å². The molecule has 0 aliphatic heterocycles. The molecule has 0 aromatic carbocycles. The average molecular weight is 194 g/mol. The van der Waals surface area contributed by atoms with E-state index in [0.29, 0.717) is 0 Å². The Bertz CT molecular complexity index is 226. The summed E-state index contributed by atoms with van der Waals surface area (Å²) < 4.78 is 21.9. The lowest BCUT2D eigenvalue weighted by Crippen LogP contribution is -2.32. The van der Waals surface area contributed by atoms with Crippen molar-refractivity contribution >= 4 is 17.0 Å². The highest BCUT2D eigenvalue weighted by molar-refractivity contribution is 7.92. The second-order valence-electron chi connectivity index (χ2n) is 3.70. The first-order valence-electron chi connectivity index (χ1n) is 3.75. The highest BCUT2D eigenvalue weighted by atomic mass is 32.2. The summed E-state index contributed by atoms with van der Waals surface area (Å²) in [5.74, 6) is -0.186. The summed E-state index contributed by atoms with van der Waals surface area (Å²) in [5, 5.41) is 16.9. The van der Waals surface area contributed by atoms with Crippen molar-refractivity contribution in [3.63, 3.8) is 0 Å². The van der Waals surface area contributed by atoms with E-state index in [9.17, 15) is 8.42 Å². The minimum absolute atomic E-state index is 0.125. The molecule has 72 valence electrons. The molecule has 2 N–H and O–H groups in total. The molecule has 12 heavy (non-hydrogen) atoms. The molecular formula is C6H15BO4S. The third kappa shape index (κ3) is 3.56. The molecule has 0 aromatic heterocycles. The molecule has 0 saturated heterocycles. The summed E-state index contributed by atoms with van der Waals surface area (Å²) >= 11 is 0. The van der Waals surface area contributed by atoms with Crippen molar-refractivity contribution < 1.29 is 18.5 Å². The Hall–Kier alpha value is -0.0651. The van der Waals surface area contributed by atoms with Crippen molar-refractivity contribution in [1.29, 1.82) is 0 Å². The van der Waals surface area contributed by atoms with Crippen LogP contribution >= 0.6 is 0 Å². The third-order valence-electron chi connectivity index (χ3n) is 1.58. The van der Waals surface area contributed by atoms with E-state index in [4.69, 9.17) is 10.0 Å². The molecule has 0 aliphatic carbocycles. The molecule has 0 saturated carbocycles. The fraction of sp³-hybridized carbons (Fsp3) is 1.00. The Labute approximate surface area is 73.7 Å². The SMILES string of the molecule is CC(C)(C)S(=O)(=O)CCB(O)O. The maximum absolute atomic E-state index is 11.3. The van der Waals surface area contributed by atoms with E-state index in [1.54, 1.807) is 20.8 Å². The Morgan fingerprint density at radius 3 is 1.92 bits per heavy atom. The van der Waals surface area contributed by atoms with E-state index >= 15 is 0 Å². The van der Waals surface area contributed by atoms with Gasteiger partial charge in [0.05, 0.1) is 4.75 Å². The largest absolute Gasteiger partial charge is 0.452 e. The first-order valence-corrected chi connectivity index (χ1v) is 5.40. The summed E-state index contributed by atoms with van der Waals surface area (Å²) in [6.07, 6.45) is -0.125. The van der Waals surface area contributed by atoms with Crippen molar-refractivity contribution in [2.45, 2.75) is 31.8 Å². The molecule has 4 nitrogen and oxygen atoms in total. The summed E-state index contributed by atoms with van der Waals surface area (Å²) in [5.41, 5.74) is 0. The topological polar surface area (TPSA) is 74.6 Å². The van der Waals surface area contributed by atoms with Gasteiger partial charge in [-0.1, -0.05) is 0 Å². The maximum atomic E-state index is 11.3. The van der Waals surface area contributed by atoms with Crippen molar-refractivity contribution in [3.8, 4) is 0 Å². The van der Waals surface area contributed by atoms with E-state index in [1.807, 2.05) is 0 Å². The minimum atomic E-state index is -3.21. The summed E-state index contributed by atoms with van der Waals surface area (Å²) in [6.45, 7) is 4.77. The van der Waals surface area contributed by atoms with Crippen LogP contribution in [-0.4, -0.2) is 36.1 Å². The monoisotopic (exact) mass is 194 g/mol.